The van der Waals surface area contributed by atoms with Crippen LogP contribution >= 0.6 is 0 Å². The fourth-order valence-electron chi connectivity index (χ4n) is 1.63. The fraction of sp³-hybridized carbons (Fsp3) is 0.364. The largest absolute Gasteiger partial charge is 0.393 e. The molecule has 0 saturated heterocycles. The number of H-pyrrole nitrogens is 1. The van der Waals surface area contributed by atoms with Crippen LogP contribution in [0.3, 0.4) is 0 Å². The number of benzene rings is 1. The molecule has 2 rings (SSSR count). The number of nitro groups is 1. The van der Waals surface area contributed by atoms with E-state index >= 15 is 0 Å². The average Bonchev–Trinajstić information content (AvgIpc) is 2.67. The summed E-state index contributed by atoms with van der Waals surface area (Å²) < 4.78 is 0. The van der Waals surface area contributed by atoms with E-state index in [-0.39, 0.29) is 11.8 Å². The molecule has 1 aromatic carbocycles. The molecule has 2 aromatic rings. The van der Waals surface area contributed by atoms with Crippen molar-refractivity contribution in [2.24, 2.45) is 0 Å². The van der Waals surface area contributed by atoms with Crippen molar-refractivity contribution in [1.29, 1.82) is 0 Å². The summed E-state index contributed by atoms with van der Waals surface area (Å²) in [4.78, 5) is 17.5. The van der Waals surface area contributed by atoms with Gasteiger partial charge in [0.15, 0.2) is 0 Å². The van der Waals surface area contributed by atoms with E-state index in [2.05, 4.69) is 9.97 Å². The standard InChI is InChI=1S/C11H13N3O3/c1-7(15)2-5-11-12-9-4-3-8(14(16)17)6-10(9)13-11/h3-4,6-7,15H,2,5H2,1H3,(H,12,13). The van der Waals surface area contributed by atoms with Crippen LogP contribution < -0.4 is 0 Å². The number of hydrogen-bond donors (Lipinski definition) is 2. The molecule has 0 aliphatic rings. The van der Waals surface area contributed by atoms with Crippen LogP contribution in [0.2, 0.25) is 0 Å². The highest BCUT2D eigenvalue weighted by Crippen LogP contribution is 2.19. The third-order valence-corrected chi connectivity index (χ3v) is 2.52. The number of non-ortho nitro benzene ring substituents is 1. The minimum Gasteiger partial charge on any atom is -0.393 e. The number of fused-ring (bicyclic) bond motifs is 1. The van der Waals surface area contributed by atoms with Crippen LogP contribution in [0.1, 0.15) is 19.2 Å². The lowest BCUT2D eigenvalue weighted by molar-refractivity contribution is -0.384. The summed E-state index contributed by atoms with van der Waals surface area (Å²) in [5, 5.41) is 19.8. The van der Waals surface area contributed by atoms with Gasteiger partial charge in [-0.1, -0.05) is 0 Å². The number of imidazole rings is 1. The molecular formula is C11H13N3O3. The molecule has 6 nitrogen and oxygen atoms in total. The predicted octanol–water partition coefficient (Wildman–Crippen LogP) is 1.78. The lowest BCUT2D eigenvalue weighted by Crippen LogP contribution is -2.02. The number of hydrogen-bond acceptors (Lipinski definition) is 4. The zero-order chi connectivity index (χ0) is 12.4. The lowest BCUT2D eigenvalue weighted by atomic mass is 10.2. The topological polar surface area (TPSA) is 92.1 Å². The Morgan fingerprint density at radius 1 is 1.59 bits per heavy atom. The average molecular weight is 235 g/mol. The van der Waals surface area contributed by atoms with E-state index in [9.17, 15) is 15.2 Å². The molecule has 6 heteroatoms. The maximum Gasteiger partial charge on any atom is 0.271 e. The van der Waals surface area contributed by atoms with Gasteiger partial charge in [-0.25, -0.2) is 4.98 Å². The molecule has 2 N–H and O–H groups in total. The Hall–Kier alpha value is -1.95. The van der Waals surface area contributed by atoms with Gasteiger partial charge in [-0.05, 0) is 19.4 Å². The minimum atomic E-state index is -0.435. The van der Waals surface area contributed by atoms with E-state index in [1.165, 1.54) is 12.1 Å². The Labute approximate surface area is 97.4 Å². The van der Waals surface area contributed by atoms with Crippen molar-refractivity contribution in [2.75, 3.05) is 0 Å². The highest BCUT2D eigenvalue weighted by atomic mass is 16.6. The molecule has 1 atom stereocenters. The van der Waals surface area contributed by atoms with Gasteiger partial charge in [-0.3, -0.25) is 10.1 Å². The monoisotopic (exact) mass is 235 g/mol. The molecule has 0 aliphatic heterocycles. The van der Waals surface area contributed by atoms with Crippen LogP contribution in [0.5, 0.6) is 0 Å². The van der Waals surface area contributed by atoms with Gasteiger partial charge in [-0.15, -0.1) is 0 Å². The van der Waals surface area contributed by atoms with Gasteiger partial charge in [0.25, 0.3) is 5.69 Å². The summed E-state index contributed by atoms with van der Waals surface area (Å²) in [6.07, 6.45) is 0.861. The van der Waals surface area contributed by atoms with Crippen molar-refractivity contribution in [1.82, 2.24) is 9.97 Å². The smallest absolute Gasteiger partial charge is 0.271 e. The second-order valence-electron chi connectivity index (χ2n) is 4.03. The maximum absolute atomic E-state index is 10.6. The Kier molecular flexibility index (Phi) is 3.06. The number of nitrogens with zero attached hydrogens (tertiary/aromatic N) is 2. The normalized spacial score (nSPS) is 12.8. The first-order valence-electron chi connectivity index (χ1n) is 5.37. The van der Waals surface area contributed by atoms with Crippen molar-refractivity contribution < 1.29 is 10.0 Å². The Morgan fingerprint density at radius 2 is 2.35 bits per heavy atom. The second kappa shape index (κ2) is 4.50. The quantitative estimate of drug-likeness (QED) is 0.624. The molecule has 0 saturated carbocycles. The van der Waals surface area contributed by atoms with Crippen molar-refractivity contribution >= 4 is 16.7 Å². The Bertz CT molecular complexity index is 548. The van der Waals surface area contributed by atoms with Crippen LogP contribution in [-0.2, 0) is 6.42 Å². The van der Waals surface area contributed by atoms with Gasteiger partial charge >= 0.3 is 0 Å². The summed E-state index contributed by atoms with van der Waals surface area (Å²) in [5.74, 6) is 0.737. The highest BCUT2D eigenvalue weighted by molar-refractivity contribution is 5.77. The molecule has 0 amide bonds. The predicted molar refractivity (Wildman–Crippen MR) is 62.7 cm³/mol. The van der Waals surface area contributed by atoms with Gasteiger partial charge in [0.05, 0.1) is 22.1 Å². The number of aliphatic hydroxyl groups is 1. The summed E-state index contributed by atoms with van der Waals surface area (Å²) in [5.41, 5.74) is 1.40. The van der Waals surface area contributed by atoms with Gasteiger partial charge in [0.2, 0.25) is 0 Å². The minimum absolute atomic E-state index is 0.0447. The van der Waals surface area contributed by atoms with Crippen LogP contribution in [0.25, 0.3) is 11.0 Å². The molecular weight excluding hydrogens is 222 g/mol. The summed E-state index contributed by atoms with van der Waals surface area (Å²) in [6.45, 7) is 1.72. The first kappa shape index (κ1) is 11.5. The first-order chi connectivity index (χ1) is 8.06. The second-order valence-corrected chi connectivity index (χ2v) is 4.03. The Morgan fingerprint density at radius 3 is 3.00 bits per heavy atom. The third-order valence-electron chi connectivity index (χ3n) is 2.52. The zero-order valence-corrected chi connectivity index (χ0v) is 9.38. The van der Waals surface area contributed by atoms with E-state index in [0.29, 0.717) is 23.9 Å². The van der Waals surface area contributed by atoms with Gasteiger partial charge in [-0.2, -0.15) is 0 Å². The van der Waals surface area contributed by atoms with Crippen LogP contribution in [0.4, 0.5) is 5.69 Å². The van der Waals surface area contributed by atoms with Crippen molar-refractivity contribution in [3.05, 3.63) is 34.1 Å². The van der Waals surface area contributed by atoms with Crippen molar-refractivity contribution in [3.8, 4) is 0 Å². The third kappa shape index (κ3) is 2.59. The molecule has 0 spiro atoms. The van der Waals surface area contributed by atoms with Crippen LogP contribution in [-0.4, -0.2) is 26.1 Å². The number of aliphatic hydroxyl groups excluding tert-OH is 1. The number of aromatic amines is 1. The maximum atomic E-state index is 10.6. The van der Waals surface area contributed by atoms with E-state index in [1.54, 1.807) is 13.0 Å². The number of rotatable bonds is 4. The van der Waals surface area contributed by atoms with E-state index < -0.39 is 4.92 Å². The molecule has 0 aliphatic carbocycles. The molecule has 1 unspecified atom stereocenters. The van der Waals surface area contributed by atoms with E-state index in [0.717, 1.165) is 5.82 Å². The van der Waals surface area contributed by atoms with Gasteiger partial charge < -0.3 is 10.1 Å². The molecule has 0 fully saturated rings. The summed E-state index contributed by atoms with van der Waals surface area (Å²) in [7, 11) is 0. The SMILES string of the molecule is CC(O)CCc1nc2ccc([N+](=O)[O-])cc2[nH]1. The van der Waals surface area contributed by atoms with Gasteiger partial charge in [0.1, 0.15) is 5.82 Å². The zero-order valence-electron chi connectivity index (χ0n) is 9.38. The highest BCUT2D eigenvalue weighted by Gasteiger charge is 2.09. The lowest BCUT2D eigenvalue weighted by Gasteiger charge is -1.99. The van der Waals surface area contributed by atoms with Gasteiger partial charge in [0, 0.05) is 18.6 Å². The summed E-state index contributed by atoms with van der Waals surface area (Å²) >= 11 is 0. The first-order valence-corrected chi connectivity index (χ1v) is 5.37. The Balaban J connectivity index is 2.27. The van der Waals surface area contributed by atoms with Crippen LogP contribution in [0, 0.1) is 10.1 Å². The van der Waals surface area contributed by atoms with Crippen molar-refractivity contribution in [2.45, 2.75) is 25.9 Å². The molecule has 17 heavy (non-hydrogen) atoms. The molecule has 0 radical (unpaired) electrons. The molecule has 1 heterocycles. The number of aromatic nitrogens is 2. The molecule has 90 valence electrons. The summed E-state index contributed by atoms with van der Waals surface area (Å²) in [6, 6.07) is 4.52. The molecule has 1 aromatic heterocycles. The number of nitrogens with one attached hydrogen (secondary N) is 1. The molecule has 0 bridgehead atoms. The fourth-order valence-corrected chi connectivity index (χ4v) is 1.63. The van der Waals surface area contributed by atoms with E-state index in [4.69, 9.17) is 0 Å². The number of aryl methyl sites for hydroxylation is 1. The van der Waals surface area contributed by atoms with Crippen LogP contribution in [0.15, 0.2) is 18.2 Å². The number of nitro benzene ring substituents is 1. The van der Waals surface area contributed by atoms with Crippen molar-refractivity contribution in [3.63, 3.8) is 0 Å². The van der Waals surface area contributed by atoms with E-state index in [1.807, 2.05) is 0 Å².